The van der Waals surface area contributed by atoms with Gasteiger partial charge in [-0.05, 0) is 18.2 Å². The predicted octanol–water partition coefficient (Wildman–Crippen LogP) is 0.763. The van der Waals surface area contributed by atoms with Gasteiger partial charge in [-0.2, -0.15) is 4.98 Å². The maximum atomic E-state index is 13.0. The van der Waals surface area contributed by atoms with Crippen molar-refractivity contribution in [1.82, 2.24) is 15.5 Å². The van der Waals surface area contributed by atoms with Crippen molar-refractivity contribution in [3.8, 4) is 0 Å². The molecule has 1 aromatic carbocycles. The summed E-state index contributed by atoms with van der Waals surface area (Å²) >= 11 is 0. The van der Waals surface area contributed by atoms with E-state index in [1.165, 1.54) is 12.4 Å². The molecular formula is C11H11FN4O2. The molecule has 18 heavy (non-hydrogen) atoms. The molecule has 0 saturated heterocycles. The lowest BCUT2D eigenvalue weighted by atomic mass is 10.2. The molecule has 0 fully saturated rings. The van der Waals surface area contributed by atoms with Gasteiger partial charge in [0, 0.05) is 24.2 Å². The summed E-state index contributed by atoms with van der Waals surface area (Å²) in [6.45, 7) is 0.317. The Bertz CT molecular complexity index is 522. The minimum absolute atomic E-state index is 0.179. The van der Waals surface area contributed by atoms with Crippen molar-refractivity contribution in [3.63, 3.8) is 0 Å². The van der Waals surface area contributed by atoms with Gasteiger partial charge in [-0.15, -0.1) is 0 Å². The third kappa shape index (κ3) is 3.03. The number of halogens is 1. The van der Waals surface area contributed by atoms with Gasteiger partial charge in [0.25, 0.3) is 5.91 Å². The van der Waals surface area contributed by atoms with E-state index in [4.69, 9.17) is 10.3 Å². The van der Waals surface area contributed by atoms with Gasteiger partial charge in [0.05, 0.1) is 0 Å². The van der Waals surface area contributed by atoms with Gasteiger partial charge in [-0.25, -0.2) is 4.39 Å². The fourth-order valence-corrected chi connectivity index (χ4v) is 1.43. The van der Waals surface area contributed by atoms with Crippen LogP contribution in [0.5, 0.6) is 0 Å². The number of amides is 1. The highest BCUT2D eigenvalue weighted by molar-refractivity contribution is 5.95. The van der Waals surface area contributed by atoms with Gasteiger partial charge in [0.15, 0.2) is 6.33 Å². The summed E-state index contributed by atoms with van der Waals surface area (Å²) in [4.78, 5) is 15.5. The van der Waals surface area contributed by atoms with Crippen molar-refractivity contribution < 1.29 is 13.7 Å². The van der Waals surface area contributed by atoms with E-state index in [9.17, 15) is 9.18 Å². The third-order valence-electron chi connectivity index (χ3n) is 2.21. The Morgan fingerprint density at radius 1 is 1.44 bits per heavy atom. The first-order valence-electron chi connectivity index (χ1n) is 5.25. The third-order valence-corrected chi connectivity index (χ3v) is 2.21. The molecule has 0 aliphatic heterocycles. The molecule has 0 saturated carbocycles. The summed E-state index contributed by atoms with van der Waals surface area (Å²) in [5.41, 5.74) is 5.83. The van der Waals surface area contributed by atoms with E-state index in [2.05, 4.69) is 15.5 Å². The number of carbonyl (C=O) groups is 1. The second kappa shape index (κ2) is 5.26. The molecule has 0 atom stereocenters. The van der Waals surface area contributed by atoms with Crippen molar-refractivity contribution in [3.05, 3.63) is 41.8 Å². The van der Waals surface area contributed by atoms with Gasteiger partial charge in [0.2, 0.25) is 5.89 Å². The number of hydrogen-bond donors (Lipinski definition) is 2. The van der Waals surface area contributed by atoms with Crippen molar-refractivity contribution in [2.24, 2.45) is 0 Å². The van der Waals surface area contributed by atoms with Crippen LogP contribution in [0.25, 0.3) is 0 Å². The number of carbonyl (C=O) groups excluding carboxylic acids is 1. The van der Waals surface area contributed by atoms with Gasteiger partial charge in [-0.3, -0.25) is 4.79 Å². The summed E-state index contributed by atoms with van der Waals surface area (Å²) in [6, 6.07) is 3.68. The highest BCUT2D eigenvalue weighted by atomic mass is 19.1. The van der Waals surface area contributed by atoms with Gasteiger partial charge < -0.3 is 15.6 Å². The number of aromatic nitrogens is 2. The quantitative estimate of drug-likeness (QED) is 0.781. The largest absolute Gasteiger partial charge is 0.399 e. The molecule has 1 aromatic heterocycles. The maximum Gasteiger partial charge on any atom is 0.251 e. The summed E-state index contributed by atoms with van der Waals surface area (Å²) < 4.78 is 17.8. The summed E-state index contributed by atoms with van der Waals surface area (Å²) in [6.07, 6.45) is 1.70. The second-order valence-corrected chi connectivity index (χ2v) is 3.61. The number of hydrogen-bond acceptors (Lipinski definition) is 5. The Morgan fingerprint density at radius 3 is 2.94 bits per heavy atom. The first-order valence-corrected chi connectivity index (χ1v) is 5.25. The van der Waals surface area contributed by atoms with Crippen LogP contribution < -0.4 is 11.1 Å². The van der Waals surface area contributed by atoms with Crippen LogP contribution in [0.2, 0.25) is 0 Å². The Kier molecular flexibility index (Phi) is 3.52. The Balaban J connectivity index is 1.91. The SMILES string of the molecule is Nc1cc(F)cc(C(=O)NCCc2ncno2)c1. The zero-order valence-corrected chi connectivity index (χ0v) is 9.39. The monoisotopic (exact) mass is 250 g/mol. The Hall–Kier alpha value is -2.44. The van der Waals surface area contributed by atoms with Crippen LogP contribution in [0.3, 0.4) is 0 Å². The predicted molar refractivity (Wildman–Crippen MR) is 61.1 cm³/mol. The first-order chi connectivity index (χ1) is 8.65. The number of benzene rings is 1. The van der Waals surface area contributed by atoms with E-state index in [0.717, 1.165) is 12.1 Å². The van der Waals surface area contributed by atoms with Gasteiger partial charge >= 0.3 is 0 Å². The molecule has 0 bridgehead atoms. The number of nitrogens with one attached hydrogen (secondary N) is 1. The fraction of sp³-hybridized carbons (Fsp3) is 0.182. The molecule has 0 aliphatic carbocycles. The molecule has 94 valence electrons. The molecule has 2 rings (SSSR count). The van der Waals surface area contributed by atoms with E-state index in [0.29, 0.717) is 18.9 Å². The number of nitrogens with two attached hydrogens (primary N) is 1. The molecular weight excluding hydrogens is 239 g/mol. The number of rotatable bonds is 4. The minimum atomic E-state index is -0.544. The van der Waals surface area contributed by atoms with Gasteiger partial charge in [-0.1, -0.05) is 5.16 Å². The van der Waals surface area contributed by atoms with E-state index in [1.807, 2.05) is 0 Å². The Morgan fingerprint density at radius 2 is 2.28 bits per heavy atom. The fourth-order valence-electron chi connectivity index (χ4n) is 1.43. The molecule has 0 aliphatic rings. The number of nitrogen functional groups attached to an aromatic ring is 1. The van der Waals surface area contributed by atoms with Crippen LogP contribution in [0.4, 0.5) is 10.1 Å². The lowest BCUT2D eigenvalue weighted by Gasteiger charge is -2.04. The molecule has 0 unspecified atom stereocenters. The van der Waals surface area contributed by atoms with Crippen molar-refractivity contribution in [1.29, 1.82) is 0 Å². The maximum absolute atomic E-state index is 13.0. The zero-order chi connectivity index (χ0) is 13.0. The topological polar surface area (TPSA) is 94.0 Å². The molecule has 6 nitrogen and oxygen atoms in total. The molecule has 1 heterocycles. The summed E-state index contributed by atoms with van der Waals surface area (Å²) in [7, 11) is 0. The zero-order valence-electron chi connectivity index (χ0n) is 9.39. The van der Waals surface area contributed by atoms with Crippen LogP contribution in [0.15, 0.2) is 29.0 Å². The van der Waals surface area contributed by atoms with Crippen LogP contribution in [-0.4, -0.2) is 22.6 Å². The lowest BCUT2D eigenvalue weighted by Crippen LogP contribution is -2.26. The molecule has 3 N–H and O–H groups in total. The van der Waals surface area contributed by atoms with Crippen LogP contribution in [0, 0.1) is 5.82 Å². The van der Waals surface area contributed by atoms with Crippen LogP contribution >= 0.6 is 0 Å². The minimum Gasteiger partial charge on any atom is -0.399 e. The highest BCUT2D eigenvalue weighted by Gasteiger charge is 2.08. The lowest BCUT2D eigenvalue weighted by molar-refractivity contribution is 0.0953. The first kappa shape index (κ1) is 12.0. The van der Waals surface area contributed by atoms with E-state index in [1.54, 1.807) is 0 Å². The average Bonchev–Trinajstić information content (AvgIpc) is 2.80. The summed E-state index contributed by atoms with van der Waals surface area (Å²) in [5.74, 6) is -0.521. The standard InChI is InChI=1S/C11H11FN4O2/c12-8-3-7(4-9(13)5-8)11(17)14-2-1-10-15-6-16-18-10/h3-6H,1-2,13H2,(H,14,17). The normalized spacial score (nSPS) is 10.3. The Labute approximate surface area is 102 Å². The van der Waals surface area contributed by atoms with E-state index in [-0.39, 0.29) is 11.3 Å². The van der Waals surface area contributed by atoms with Crippen molar-refractivity contribution in [2.75, 3.05) is 12.3 Å². The smallest absolute Gasteiger partial charge is 0.251 e. The van der Waals surface area contributed by atoms with E-state index < -0.39 is 11.7 Å². The average molecular weight is 250 g/mol. The number of nitrogens with zero attached hydrogens (tertiary/aromatic N) is 2. The van der Waals surface area contributed by atoms with Gasteiger partial charge in [0.1, 0.15) is 5.82 Å². The van der Waals surface area contributed by atoms with E-state index >= 15 is 0 Å². The van der Waals surface area contributed by atoms with Crippen molar-refractivity contribution in [2.45, 2.75) is 6.42 Å². The molecule has 0 spiro atoms. The summed E-state index contributed by atoms with van der Waals surface area (Å²) in [5, 5.41) is 6.04. The van der Waals surface area contributed by atoms with Crippen LogP contribution in [-0.2, 0) is 6.42 Å². The molecule has 0 radical (unpaired) electrons. The van der Waals surface area contributed by atoms with Crippen molar-refractivity contribution >= 4 is 11.6 Å². The molecule has 1 amide bonds. The van der Waals surface area contributed by atoms with Crippen LogP contribution in [0.1, 0.15) is 16.2 Å². The second-order valence-electron chi connectivity index (χ2n) is 3.61. The number of anilines is 1. The molecule has 2 aromatic rings. The molecule has 7 heteroatoms. The highest BCUT2D eigenvalue weighted by Crippen LogP contribution is 2.10.